The van der Waals surface area contributed by atoms with E-state index >= 15 is 0 Å². The molecule has 0 radical (unpaired) electrons. The molecule has 0 bridgehead atoms. The van der Waals surface area contributed by atoms with Crippen molar-refractivity contribution in [3.63, 3.8) is 0 Å². The molecule has 1 N–H and O–H groups in total. The SMILES string of the molecule is O=C(CCN1CCN(S(=O)(=O)c2ccc(C(F)(F)F)cc2)CC1)NCc1ccccc1Cl. The van der Waals surface area contributed by atoms with Gasteiger partial charge in [0.15, 0.2) is 0 Å². The largest absolute Gasteiger partial charge is 0.416 e. The Kier molecular flexibility index (Phi) is 7.81. The van der Waals surface area contributed by atoms with Crippen molar-refractivity contribution in [3.8, 4) is 0 Å². The van der Waals surface area contributed by atoms with E-state index in [1.807, 2.05) is 23.1 Å². The molecule has 1 amide bonds. The molecule has 2 aromatic rings. The molecule has 1 aliphatic rings. The molecule has 0 aliphatic carbocycles. The summed E-state index contributed by atoms with van der Waals surface area (Å²) in [6.07, 6.45) is -4.26. The Balaban J connectivity index is 1.46. The summed E-state index contributed by atoms with van der Waals surface area (Å²) >= 11 is 6.07. The van der Waals surface area contributed by atoms with Gasteiger partial charge < -0.3 is 10.2 Å². The minimum Gasteiger partial charge on any atom is -0.352 e. The zero-order valence-electron chi connectivity index (χ0n) is 17.1. The van der Waals surface area contributed by atoms with E-state index in [1.54, 1.807) is 6.07 Å². The van der Waals surface area contributed by atoms with Gasteiger partial charge in [-0.2, -0.15) is 17.5 Å². The van der Waals surface area contributed by atoms with Crippen molar-refractivity contribution in [3.05, 3.63) is 64.7 Å². The molecule has 1 heterocycles. The quantitative estimate of drug-likeness (QED) is 0.647. The monoisotopic (exact) mass is 489 g/mol. The van der Waals surface area contributed by atoms with Crippen LogP contribution in [0.5, 0.6) is 0 Å². The number of halogens is 4. The second kappa shape index (κ2) is 10.2. The van der Waals surface area contributed by atoms with Crippen molar-refractivity contribution in [1.82, 2.24) is 14.5 Å². The van der Waals surface area contributed by atoms with Crippen LogP contribution in [0.2, 0.25) is 5.02 Å². The van der Waals surface area contributed by atoms with Crippen LogP contribution in [0.25, 0.3) is 0 Å². The summed E-state index contributed by atoms with van der Waals surface area (Å²) in [4.78, 5) is 13.9. The lowest BCUT2D eigenvalue weighted by Gasteiger charge is -2.33. The second-order valence-electron chi connectivity index (χ2n) is 7.39. The lowest BCUT2D eigenvalue weighted by Crippen LogP contribution is -2.49. The highest BCUT2D eigenvalue weighted by Gasteiger charge is 2.32. The smallest absolute Gasteiger partial charge is 0.352 e. The molecular formula is C21H23ClF3N3O3S. The number of nitrogens with zero attached hydrogens (tertiary/aromatic N) is 2. The Labute approximate surface area is 190 Å². The predicted molar refractivity (Wildman–Crippen MR) is 115 cm³/mol. The lowest BCUT2D eigenvalue weighted by molar-refractivity contribution is -0.137. The molecule has 174 valence electrons. The Hall–Kier alpha value is -2.14. The van der Waals surface area contributed by atoms with Gasteiger partial charge >= 0.3 is 6.18 Å². The van der Waals surface area contributed by atoms with E-state index < -0.39 is 21.8 Å². The molecule has 1 aliphatic heterocycles. The number of hydrogen-bond acceptors (Lipinski definition) is 4. The van der Waals surface area contributed by atoms with Crippen molar-refractivity contribution >= 4 is 27.5 Å². The van der Waals surface area contributed by atoms with Gasteiger partial charge in [0, 0.05) is 50.7 Å². The third kappa shape index (κ3) is 6.22. The van der Waals surface area contributed by atoms with Crippen LogP contribution in [0.3, 0.4) is 0 Å². The molecule has 0 spiro atoms. The van der Waals surface area contributed by atoms with E-state index in [0.717, 1.165) is 29.8 Å². The number of sulfonamides is 1. The average molecular weight is 490 g/mol. The van der Waals surface area contributed by atoms with Crippen LogP contribution in [-0.4, -0.2) is 56.3 Å². The van der Waals surface area contributed by atoms with Crippen LogP contribution in [0.1, 0.15) is 17.5 Å². The van der Waals surface area contributed by atoms with Gasteiger partial charge in [-0.15, -0.1) is 0 Å². The van der Waals surface area contributed by atoms with Gasteiger partial charge in [-0.05, 0) is 35.9 Å². The molecule has 3 rings (SSSR count). The summed E-state index contributed by atoms with van der Waals surface area (Å²) in [6.45, 7) is 2.06. The predicted octanol–water partition coefficient (Wildman–Crippen LogP) is 3.37. The van der Waals surface area contributed by atoms with Crippen molar-refractivity contribution < 1.29 is 26.4 Å². The van der Waals surface area contributed by atoms with E-state index in [1.165, 1.54) is 4.31 Å². The highest BCUT2D eigenvalue weighted by atomic mass is 35.5. The first-order chi connectivity index (χ1) is 15.1. The van der Waals surface area contributed by atoms with E-state index in [2.05, 4.69) is 5.32 Å². The summed E-state index contributed by atoms with van der Waals surface area (Å²) in [5, 5.41) is 3.39. The summed E-state index contributed by atoms with van der Waals surface area (Å²) in [7, 11) is -3.87. The fourth-order valence-corrected chi connectivity index (χ4v) is 4.97. The van der Waals surface area contributed by atoms with Gasteiger partial charge in [0.2, 0.25) is 15.9 Å². The van der Waals surface area contributed by atoms with Crippen molar-refractivity contribution in [2.24, 2.45) is 0 Å². The standard InChI is InChI=1S/C21H23ClF3N3O3S/c22-19-4-2-1-3-16(19)15-26-20(29)9-10-27-11-13-28(14-12-27)32(30,31)18-7-5-17(6-8-18)21(23,24)25/h1-8H,9-15H2,(H,26,29). The highest BCUT2D eigenvalue weighted by molar-refractivity contribution is 7.89. The molecule has 1 fully saturated rings. The van der Waals surface area contributed by atoms with Crippen LogP contribution in [-0.2, 0) is 27.5 Å². The number of benzene rings is 2. The maximum atomic E-state index is 12.7. The fraction of sp³-hybridized carbons (Fsp3) is 0.381. The number of alkyl halides is 3. The summed E-state index contributed by atoms with van der Waals surface area (Å²) < 4.78 is 64.8. The molecule has 32 heavy (non-hydrogen) atoms. The van der Waals surface area contributed by atoms with Crippen LogP contribution >= 0.6 is 11.6 Å². The maximum Gasteiger partial charge on any atom is 0.416 e. The van der Waals surface area contributed by atoms with E-state index in [0.29, 0.717) is 31.2 Å². The van der Waals surface area contributed by atoms with Gasteiger partial charge in [0.05, 0.1) is 10.5 Å². The van der Waals surface area contributed by atoms with Crippen molar-refractivity contribution in [1.29, 1.82) is 0 Å². The minimum atomic E-state index is -4.52. The Morgan fingerprint density at radius 3 is 2.22 bits per heavy atom. The average Bonchev–Trinajstić information content (AvgIpc) is 2.77. The number of piperazine rings is 1. The Morgan fingerprint density at radius 1 is 1.00 bits per heavy atom. The minimum absolute atomic E-state index is 0.135. The van der Waals surface area contributed by atoms with E-state index in [9.17, 15) is 26.4 Å². The van der Waals surface area contributed by atoms with E-state index in [4.69, 9.17) is 11.6 Å². The van der Waals surface area contributed by atoms with Gasteiger partial charge in [0.1, 0.15) is 0 Å². The summed E-state index contributed by atoms with van der Waals surface area (Å²) in [6, 6.07) is 10.7. The van der Waals surface area contributed by atoms with Crippen LogP contribution in [0.15, 0.2) is 53.4 Å². The number of rotatable bonds is 7. The third-order valence-electron chi connectivity index (χ3n) is 5.24. The van der Waals surface area contributed by atoms with Crippen LogP contribution < -0.4 is 5.32 Å². The first-order valence-electron chi connectivity index (χ1n) is 9.97. The van der Waals surface area contributed by atoms with Gasteiger partial charge in [0.25, 0.3) is 0 Å². The fourth-order valence-electron chi connectivity index (χ4n) is 3.34. The van der Waals surface area contributed by atoms with Gasteiger partial charge in [-0.25, -0.2) is 8.42 Å². The van der Waals surface area contributed by atoms with E-state index in [-0.39, 0.29) is 30.3 Å². The lowest BCUT2D eigenvalue weighted by atomic mass is 10.2. The molecule has 0 unspecified atom stereocenters. The molecule has 11 heteroatoms. The normalized spacial score (nSPS) is 16.1. The van der Waals surface area contributed by atoms with Gasteiger partial charge in [-0.1, -0.05) is 29.8 Å². The van der Waals surface area contributed by atoms with Crippen molar-refractivity contribution in [2.45, 2.75) is 24.0 Å². The summed E-state index contributed by atoms with van der Waals surface area (Å²) in [5.74, 6) is -0.135. The number of nitrogens with one attached hydrogen (secondary N) is 1. The zero-order chi connectivity index (χ0) is 23.4. The van der Waals surface area contributed by atoms with Crippen LogP contribution in [0.4, 0.5) is 13.2 Å². The number of carbonyl (C=O) groups excluding carboxylic acids is 1. The van der Waals surface area contributed by atoms with Crippen molar-refractivity contribution in [2.75, 3.05) is 32.7 Å². The highest BCUT2D eigenvalue weighted by Crippen LogP contribution is 2.30. The molecule has 6 nitrogen and oxygen atoms in total. The maximum absolute atomic E-state index is 12.7. The summed E-state index contributed by atoms with van der Waals surface area (Å²) in [5.41, 5.74) is -0.0707. The Morgan fingerprint density at radius 2 is 1.62 bits per heavy atom. The first kappa shape index (κ1) is 24.5. The van der Waals surface area contributed by atoms with Gasteiger partial charge in [-0.3, -0.25) is 4.79 Å². The second-order valence-corrected chi connectivity index (χ2v) is 9.73. The molecule has 0 aromatic heterocycles. The Bertz CT molecular complexity index is 1040. The topological polar surface area (TPSA) is 69.7 Å². The number of hydrogen-bond donors (Lipinski definition) is 1. The third-order valence-corrected chi connectivity index (χ3v) is 7.52. The molecule has 0 saturated carbocycles. The molecule has 2 aromatic carbocycles. The zero-order valence-corrected chi connectivity index (χ0v) is 18.7. The number of amides is 1. The molecule has 0 atom stereocenters. The molecular weight excluding hydrogens is 467 g/mol. The van der Waals surface area contributed by atoms with Crippen LogP contribution in [0, 0.1) is 0 Å². The molecule has 1 saturated heterocycles. The number of carbonyl (C=O) groups is 1. The first-order valence-corrected chi connectivity index (χ1v) is 11.8.